The third kappa shape index (κ3) is 3.39. The molecule has 0 saturated heterocycles. The first kappa shape index (κ1) is 16.5. The molecule has 1 aromatic heterocycles. The van der Waals surface area contributed by atoms with Gasteiger partial charge in [-0.15, -0.1) is 5.10 Å². The average molecular weight is 347 g/mol. The summed E-state index contributed by atoms with van der Waals surface area (Å²) in [5, 5.41) is 13.6. The molecule has 1 heterocycles. The van der Waals surface area contributed by atoms with Crippen LogP contribution in [0.15, 0.2) is 6.33 Å². The summed E-state index contributed by atoms with van der Waals surface area (Å²) in [6, 6.07) is 0.131. The summed E-state index contributed by atoms with van der Waals surface area (Å²) in [6.07, 6.45) is 9.19. The number of tetrazole rings is 1. The van der Waals surface area contributed by atoms with Crippen molar-refractivity contribution in [3.05, 3.63) is 6.33 Å². The van der Waals surface area contributed by atoms with Crippen LogP contribution in [0.1, 0.15) is 45.4 Å². The van der Waals surface area contributed by atoms with Crippen molar-refractivity contribution in [2.45, 2.75) is 58.0 Å². The fourth-order valence-electron chi connectivity index (χ4n) is 5.72. The molecule has 4 aliphatic carbocycles. The summed E-state index contributed by atoms with van der Waals surface area (Å²) in [5.74, 6) is 1.79. The molecule has 1 N–H and O–H groups in total. The van der Waals surface area contributed by atoms with Gasteiger partial charge in [0, 0.05) is 6.04 Å². The Balaban J connectivity index is 1.27. The molecule has 8 nitrogen and oxygen atoms in total. The van der Waals surface area contributed by atoms with E-state index in [-0.39, 0.29) is 30.5 Å². The normalized spacial score (nSPS) is 33.9. The van der Waals surface area contributed by atoms with Gasteiger partial charge >= 0.3 is 5.97 Å². The van der Waals surface area contributed by atoms with Gasteiger partial charge < -0.3 is 10.1 Å². The van der Waals surface area contributed by atoms with Crippen LogP contribution in [0, 0.1) is 23.2 Å². The van der Waals surface area contributed by atoms with Gasteiger partial charge in [-0.05, 0) is 79.0 Å². The van der Waals surface area contributed by atoms with E-state index < -0.39 is 5.97 Å². The minimum absolute atomic E-state index is 0.0924. The lowest BCUT2D eigenvalue weighted by molar-refractivity contribution is -0.150. The Morgan fingerprint density at radius 2 is 1.88 bits per heavy atom. The Morgan fingerprint density at radius 3 is 2.44 bits per heavy atom. The zero-order valence-corrected chi connectivity index (χ0v) is 14.6. The lowest BCUT2D eigenvalue weighted by Crippen LogP contribution is -2.56. The van der Waals surface area contributed by atoms with Gasteiger partial charge in [-0.2, -0.15) is 0 Å². The lowest BCUT2D eigenvalue weighted by Gasteiger charge is -2.59. The highest BCUT2D eigenvalue weighted by Gasteiger charge is 2.53. The van der Waals surface area contributed by atoms with Gasteiger partial charge in [-0.3, -0.25) is 9.59 Å². The molecule has 0 spiro atoms. The Hall–Kier alpha value is -1.99. The molecule has 8 heteroatoms. The predicted molar refractivity (Wildman–Crippen MR) is 87.0 cm³/mol. The quantitative estimate of drug-likeness (QED) is 0.769. The molecule has 25 heavy (non-hydrogen) atoms. The number of aromatic nitrogens is 4. The van der Waals surface area contributed by atoms with E-state index in [9.17, 15) is 9.59 Å². The standard InChI is InChI=1S/C17H25N5O3/c1-11(17-5-12-2-13(6-17)4-14(3-12)7-17)19-15(23)9-25-16(24)8-22-10-18-20-21-22/h10-14H,2-9H2,1H3,(H,19,23)/t11-,12?,13?,14?,17?/m1/s1. The average Bonchev–Trinajstić information content (AvgIpc) is 3.04. The number of nitrogens with zero attached hydrogens (tertiary/aromatic N) is 4. The maximum atomic E-state index is 12.2. The second-order valence-corrected chi connectivity index (χ2v) is 8.24. The van der Waals surface area contributed by atoms with Crippen molar-refractivity contribution >= 4 is 11.9 Å². The smallest absolute Gasteiger partial charge is 0.328 e. The third-order valence-corrected chi connectivity index (χ3v) is 6.43. The number of hydrogen-bond donors (Lipinski definition) is 1. The second-order valence-electron chi connectivity index (χ2n) is 8.24. The molecule has 0 aromatic carbocycles. The van der Waals surface area contributed by atoms with E-state index >= 15 is 0 Å². The van der Waals surface area contributed by atoms with Crippen molar-refractivity contribution in [3.8, 4) is 0 Å². The Labute approximate surface area is 146 Å². The van der Waals surface area contributed by atoms with E-state index in [1.165, 1.54) is 49.5 Å². The molecular weight excluding hydrogens is 322 g/mol. The summed E-state index contributed by atoms with van der Waals surface area (Å²) in [6.45, 7) is 1.77. The van der Waals surface area contributed by atoms with E-state index in [1.54, 1.807) is 0 Å². The van der Waals surface area contributed by atoms with Crippen LogP contribution in [-0.4, -0.2) is 44.7 Å². The zero-order valence-electron chi connectivity index (χ0n) is 14.6. The number of rotatable bonds is 6. The third-order valence-electron chi connectivity index (χ3n) is 6.43. The van der Waals surface area contributed by atoms with Crippen molar-refractivity contribution in [2.75, 3.05) is 6.61 Å². The van der Waals surface area contributed by atoms with E-state index in [2.05, 4.69) is 27.8 Å². The summed E-state index contributed by atoms with van der Waals surface area (Å²) in [4.78, 5) is 23.9. The highest BCUT2D eigenvalue weighted by atomic mass is 16.5. The van der Waals surface area contributed by atoms with Gasteiger partial charge in [-0.1, -0.05) is 0 Å². The van der Waals surface area contributed by atoms with Gasteiger partial charge in [-0.25, -0.2) is 4.68 Å². The Bertz CT molecular complexity index is 609. The van der Waals surface area contributed by atoms with Gasteiger partial charge in [0.1, 0.15) is 12.9 Å². The predicted octanol–water partition coefficient (Wildman–Crippen LogP) is 0.937. The number of carbonyl (C=O) groups is 2. The van der Waals surface area contributed by atoms with Crippen molar-refractivity contribution in [2.24, 2.45) is 23.2 Å². The molecule has 5 rings (SSSR count). The molecule has 0 aliphatic heterocycles. The van der Waals surface area contributed by atoms with Crippen LogP contribution >= 0.6 is 0 Å². The van der Waals surface area contributed by atoms with Crippen molar-refractivity contribution < 1.29 is 14.3 Å². The van der Waals surface area contributed by atoms with Gasteiger partial charge in [0.25, 0.3) is 5.91 Å². The van der Waals surface area contributed by atoms with E-state index in [0.29, 0.717) is 0 Å². The van der Waals surface area contributed by atoms with E-state index in [4.69, 9.17) is 4.74 Å². The summed E-state index contributed by atoms with van der Waals surface area (Å²) in [5.41, 5.74) is 0.251. The molecule has 4 aliphatic rings. The molecule has 1 atom stereocenters. The first-order chi connectivity index (χ1) is 12.0. The summed E-state index contributed by atoms with van der Waals surface area (Å²) in [7, 11) is 0. The van der Waals surface area contributed by atoms with Crippen molar-refractivity contribution in [1.29, 1.82) is 0 Å². The molecular formula is C17H25N5O3. The van der Waals surface area contributed by atoms with Crippen molar-refractivity contribution in [1.82, 2.24) is 25.5 Å². The number of carbonyl (C=O) groups excluding carboxylic acids is 2. The maximum absolute atomic E-state index is 12.2. The summed E-state index contributed by atoms with van der Waals surface area (Å²) < 4.78 is 6.29. The highest BCUT2D eigenvalue weighted by molar-refractivity contribution is 5.80. The fraction of sp³-hybridized carbons (Fsp3) is 0.824. The maximum Gasteiger partial charge on any atom is 0.328 e. The van der Waals surface area contributed by atoms with Gasteiger partial charge in [0.05, 0.1) is 0 Å². The Kier molecular flexibility index (Phi) is 4.21. The number of esters is 1. The number of hydrogen-bond acceptors (Lipinski definition) is 6. The molecule has 0 radical (unpaired) electrons. The lowest BCUT2D eigenvalue weighted by atomic mass is 9.48. The first-order valence-electron chi connectivity index (χ1n) is 9.18. The number of ether oxygens (including phenoxy) is 1. The van der Waals surface area contributed by atoms with Gasteiger partial charge in [0.2, 0.25) is 0 Å². The number of nitrogens with one attached hydrogen (secondary N) is 1. The molecule has 4 fully saturated rings. The Morgan fingerprint density at radius 1 is 1.24 bits per heavy atom. The molecule has 4 saturated carbocycles. The molecule has 136 valence electrons. The van der Waals surface area contributed by atoms with Crippen LogP contribution in [0.3, 0.4) is 0 Å². The van der Waals surface area contributed by atoms with Crippen LogP contribution in [0.2, 0.25) is 0 Å². The monoisotopic (exact) mass is 347 g/mol. The van der Waals surface area contributed by atoms with Crippen LogP contribution in [-0.2, 0) is 20.9 Å². The molecule has 1 amide bonds. The fourth-order valence-corrected chi connectivity index (χ4v) is 5.72. The van der Waals surface area contributed by atoms with Crippen LogP contribution in [0.4, 0.5) is 0 Å². The zero-order chi connectivity index (χ0) is 17.4. The summed E-state index contributed by atoms with van der Waals surface area (Å²) >= 11 is 0. The van der Waals surface area contributed by atoms with E-state index in [1.807, 2.05) is 0 Å². The minimum Gasteiger partial charge on any atom is -0.454 e. The molecule has 1 aromatic rings. The minimum atomic E-state index is -0.523. The van der Waals surface area contributed by atoms with Crippen LogP contribution in [0.25, 0.3) is 0 Å². The van der Waals surface area contributed by atoms with Crippen LogP contribution < -0.4 is 5.32 Å². The number of amides is 1. The second kappa shape index (κ2) is 6.38. The molecule has 0 unspecified atom stereocenters. The first-order valence-corrected chi connectivity index (χ1v) is 9.18. The van der Waals surface area contributed by atoms with Gasteiger partial charge in [0.15, 0.2) is 6.61 Å². The van der Waals surface area contributed by atoms with Crippen LogP contribution in [0.5, 0.6) is 0 Å². The highest BCUT2D eigenvalue weighted by Crippen LogP contribution is 2.61. The SMILES string of the molecule is C[C@@H](NC(=O)COC(=O)Cn1cnnn1)C12CC3CC(CC(C3)C1)C2. The topological polar surface area (TPSA) is 99.0 Å². The largest absolute Gasteiger partial charge is 0.454 e. The van der Waals surface area contributed by atoms with E-state index in [0.717, 1.165) is 17.8 Å². The van der Waals surface area contributed by atoms with Crippen molar-refractivity contribution in [3.63, 3.8) is 0 Å². The molecule has 4 bridgehead atoms.